The van der Waals surface area contributed by atoms with Crippen LogP contribution in [-0.4, -0.2) is 49.7 Å². The number of anilines is 1. The third kappa shape index (κ3) is 4.14. The van der Waals surface area contributed by atoms with Crippen LogP contribution in [-0.2, 0) is 24.3 Å². The third-order valence-corrected chi connectivity index (χ3v) is 6.86. The normalized spacial score (nSPS) is 14.9. The Bertz CT molecular complexity index is 1640. The van der Waals surface area contributed by atoms with Crippen molar-refractivity contribution in [2.75, 3.05) is 12.4 Å². The highest BCUT2D eigenvalue weighted by Crippen LogP contribution is 2.31. The lowest BCUT2D eigenvalue weighted by Gasteiger charge is -2.34. The molecule has 0 radical (unpaired) electrons. The van der Waals surface area contributed by atoms with Gasteiger partial charge in [-0.3, -0.25) is 24.5 Å². The number of nitrogens with one attached hydrogen (secondary N) is 3. The molecule has 0 spiro atoms. The first-order valence-electron chi connectivity index (χ1n) is 12.1. The Morgan fingerprint density at radius 1 is 1.00 bits per heavy atom. The molecular weight excluding hydrogens is 466 g/mol. The Balaban J connectivity index is 1.30. The van der Waals surface area contributed by atoms with Gasteiger partial charge in [0.1, 0.15) is 11.7 Å². The van der Waals surface area contributed by atoms with E-state index in [1.807, 2.05) is 54.6 Å². The average molecular weight is 492 g/mol. The van der Waals surface area contributed by atoms with Gasteiger partial charge in [-0.25, -0.2) is 0 Å². The summed E-state index contributed by atoms with van der Waals surface area (Å²) in [5, 5.41) is 7.18. The zero-order chi connectivity index (χ0) is 25.4. The topological polar surface area (TPSA) is 116 Å². The van der Waals surface area contributed by atoms with Crippen LogP contribution >= 0.6 is 0 Å². The van der Waals surface area contributed by atoms with Gasteiger partial charge in [-0.15, -0.1) is 0 Å². The number of H-pyrrole nitrogens is 1. The second-order valence-corrected chi connectivity index (χ2v) is 9.02. The van der Waals surface area contributed by atoms with Crippen LogP contribution in [0.4, 0.5) is 5.69 Å². The van der Waals surface area contributed by atoms with Crippen molar-refractivity contribution in [3.05, 3.63) is 95.7 Å². The molecule has 4 heterocycles. The van der Waals surface area contributed by atoms with E-state index in [4.69, 9.17) is 0 Å². The lowest BCUT2D eigenvalue weighted by Crippen LogP contribution is -2.52. The maximum absolute atomic E-state index is 13.9. The highest BCUT2D eigenvalue weighted by atomic mass is 16.2. The number of likely N-dealkylation sites (N-methyl/N-ethyl adjacent to an activating group) is 1. The van der Waals surface area contributed by atoms with E-state index in [1.165, 1.54) is 0 Å². The minimum absolute atomic E-state index is 0.197. The molecule has 1 atom stereocenters. The molecular formula is C28H25N7O2. The quantitative estimate of drug-likeness (QED) is 0.347. The average Bonchev–Trinajstić information content (AvgIpc) is 3.32. The summed E-state index contributed by atoms with van der Waals surface area (Å²) >= 11 is 0. The van der Waals surface area contributed by atoms with Crippen LogP contribution in [0.3, 0.4) is 0 Å². The molecule has 2 amide bonds. The van der Waals surface area contributed by atoms with E-state index in [0.717, 1.165) is 44.4 Å². The number of aromatic nitrogens is 4. The summed E-state index contributed by atoms with van der Waals surface area (Å²) in [7, 11) is 1.60. The first kappa shape index (κ1) is 22.7. The summed E-state index contributed by atoms with van der Waals surface area (Å²) in [6.45, 7) is 0.685. The van der Waals surface area contributed by atoms with E-state index in [1.54, 1.807) is 30.5 Å². The van der Waals surface area contributed by atoms with Gasteiger partial charge in [-0.2, -0.15) is 0 Å². The summed E-state index contributed by atoms with van der Waals surface area (Å²) in [6, 6.07) is 16.8. The van der Waals surface area contributed by atoms with Crippen molar-refractivity contribution in [2.45, 2.75) is 25.6 Å². The molecule has 3 N–H and O–H groups in total. The van der Waals surface area contributed by atoms with Crippen molar-refractivity contribution < 1.29 is 9.59 Å². The van der Waals surface area contributed by atoms with Crippen LogP contribution < -0.4 is 10.6 Å². The van der Waals surface area contributed by atoms with E-state index in [9.17, 15) is 9.59 Å². The molecule has 1 unspecified atom stereocenters. The molecule has 0 bridgehead atoms. The second-order valence-electron chi connectivity index (χ2n) is 9.02. The number of hydrogen-bond donors (Lipinski definition) is 3. The van der Waals surface area contributed by atoms with Crippen molar-refractivity contribution in [1.82, 2.24) is 30.2 Å². The number of carbonyl (C=O) groups excluding carboxylic acids is 2. The number of pyridine rings is 1. The number of aromatic amines is 1. The van der Waals surface area contributed by atoms with E-state index in [-0.39, 0.29) is 11.8 Å². The van der Waals surface area contributed by atoms with E-state index in [0.29, 0.717) is 25.2 Å². The van der Waals surface area contributed by atoms with Crippen LogP contribution in [0.25, 0.3) is 21.9 Å². The van der Waals surface area contributed by atoms with Crippen molar-refractivity contribution >= 4 is 39.4 Å². The second kappa shape index (κ2) is 9.34. The van der Waals surface area contributed by atoms with Crippen molar-refractivity contribution in [3.63, 3.8) is 0 Å². The van der Waals surface area contributed by atoms with Crippen molar-refractivity contribution in [2.24, 2.45) is 0 Å². The summed E-state index contributed by atoms with van der Waals surface area (Å²) in [4.78, 5) is 45.0. The van der Waals surface area contributed by atoms with Gasteiger partial charge in [0.2, 0.25) is 5.91 Å². The fourth-order valence-electron chi connectivity index (χ4n) is 5.00. The summed E-state index contributed by atoms with van der Waals surface area (Å²) in [6.07, 6.45) is 5.36. The summed E-state index contributed by atoms with van der Waals surface area (Å²) in [5.41, 5.74) is 6.55. The van der Waals surface area contributed by atoms with Gasteiger partial charge in [0.05, 0.1) is 17.6 Å². The van der Waals surface area contributed by atoms with Crippen molar-refractivity contribution in [1.29, 1.82) is 0 Å². The minimum atomic E-state index is -0.633. The molecule has 0 saturated carbocycles. The fourth-order valence-corrected chi connectivity index (χ4v) is 5.00. The van der Waals surface area contributed by atoms with Gasteiger partial charge in [0.25, 0.3) is 5.91 Å². The Hall–Kier alpha value is -4.79. The van der Waals surface area contributed by atoms with Gasteiger partial charge >= 0.3 is 0 Å². The largest absolute Gasteiger partial charge is 0.381 e. The molecule has 6 rings (SSSR count). The molecule has 0 aliphatic carbocycles. The standard InChI is InChI=1S/C28H25N7O2/c1-29-27(36)25-14-20-19-6-2-3-7-21(19)34-24(20)16-35(25)28(37)26-17(5-4-10-32-26)15-33-18-8-9-22-23(13-18)31-12-11-30-22/h2-13,25,33-34H,14-16H2,1H3,(H,29,36). The van der Waals surface area contributed by atoms with Gasteiger partial charge in [0.15, 0.2) is 0 Å². The third-order valence-electron chi connectivity index (χ3n) is 6.86. The molecule has 0 fully saturated rings. The number of rotatable bonds is 5. The van der Waals surface area contributed by atoms with Crippen LogP contribution in [0.1, 0.15) is 27.3 Å². The Morgan fingerprint density at radius 2 is 1.84 bits per heavy atom. The van der Waals surface area contributed by atoms with Crippen molar-refractivity contribution in [3.8, 4) is 0 Å². The lowest BCUT2D eigenvalue weighted by molar-refractivity contribution is -0.125. The number of fused-ring (bicyclic) bond motifs is 4. The Morgan fingerprint density at radius 3 is 2.70 bits per heavy atom. The number of nitrogens with zero attached hydrogens (tertiary/aromatic N) is 4. The number of amides is 2. The fraction of sp³-hybridized carbons (Fsp3) is 0.179. The maximum atomic E-state index is 13.9. The van der Waals surface area contributed by atoms with Crippen LogP contribution in [0, 0.1) is 0 Å². The predicted octanol–water partition coefficient (Wildman–Crippen LogP) is 3.43. The zero-order valence-electron chi connectivity index (χ0n) is 20.2. The molecule has 2 aromatic carbocycles. The first-order chi connectivity index (χ1) is 18.1. The number of benzene rings is 2. The molecule has 37 heavy (non-hydrogen) atoms. The summed E-state index contributed by atoms with van der Waals surface area (Å²) in [5.74, 6) is -0.475. The molecule has 1 aliphatic rings. The van der Waals surface area contributed by atoms with Crippen LogP contribution in [0.5, 0.6) is 0 Å². The van der Waals surface area contributed by atoms with E-state index >= 15 is 0 Å². The van der Waals surface area contributed by atoms with Crippen LogP contribution in [0.15, 0.2) is 73.2 Å². The Labute approximate surface area is 213 Å². The van der Waals surface area contributed by atoms with Crippen LogP contribution in [0.2, 0.25) is 0 Å². The maximum Gasteiger partial charge on any atom is 0.273 e. The highest BCUT2D eigenvalue weighted by molar-refractivity contribution is 5.98. The molecule has 9 heteroatoms. The molecule has 9 nitrogen and oxygen atoms in total. The molecule has 1 aliphatic heterocycles. The monoisotopic (exact) mass is 491 g/mol. The predicted molar refractivity (Wildman–Crippen MR) is 141 cm³/mol. The minimum Gasteiger partial charge on any atom is -0.381 e. The van der Waals surface area contributed by atoms with Gasteiger partial charge in [-0.1, -0.05) is 24.3 Å². The molecule has 5 aromatic rings. The number of hydrogen-bond acceptors (Lipinski definition) is 6. The van der Waals surface area contributed by atoms with E-state index in [2.05, 4.69) is 30.6 Å². The zero-order valence-corrected chi connectivity index (χ0v) is 20.2. The molecule has 3 aromatic heterocycles. The number of carbonyl (C=O) groups is 2. The molecule has 0 saturated heterocycles. The van der Waals surface area contributed by atoms with E-state index < -0.39 is 6.04 Å². The smallest absolute Gasteiger partial charge is 0.273 e. The molecule has 184 valence electrons. The van der Waals surface area contributed by atoms with Gasteiger partial charge < -0.3 is 20.5 Å². The first-order valence-corrected chi connectivity index (χ1v) is 12.1. The highest BCUT2D eigenvalue weighted by Gasteiger charge is 2.37. The van der Waals surface area contributed by atoms with Gasteiger partial charge in [0, 0.05) is 66.5 Å². The Kier molecular flexibility index (Phi) is 5.72. The van der Waals surface area contributed by atoms with Gasteiger partial charge in [-0.05, 0) is 35.9 Å². The SMILES string of the molecule is CNC(=O)C1Cc2c([nH]c3ccccc23)CN1C(=O)c1ncccc1CNc1ccc2nccnc2c1. The number of para-hydroxylation sites is 1. The lowest BCUT2D eigenvalue weighted by atomic mass is 9.95. The summed E-state index contributed by atoms with van der Waals surface area (Å²) < 4.78 is 0.